The Kier molecular flexibility index (Phi) is 4.45. The van der Waals surface area contributed by atoms with E-state index < -0.39 is 0 Å². The summed E-state index contributed by atoms with van der Waals surface area (Å²) in [6, 6.07) is 0.624. The van der Waals surface area contributed by atoms with E-state index in [2.05, 4.69) is 11.8 Å². The molecule has 1 heterocycles. The van der Waals surface area contributed by atoms with Crippen LogP contribution in [0.3, 0.4) is 0 Å². The van der Waals surface area contributed by atoms with Crippen LogP contribution in [0.15, 0.2) is 0 Å². The number of piperidine rings is 1. The summed E-state index contributed by atoms with van der Waals surface area (Å²) in [5.41, 5.74) is 5.93. The van der Waals surface area contributed by atoms with Gasteiger partial charge >= 0.3 is 0 Å². The predicted molar refractivity (Wildman–Crippen MR) is 70.8 cm³/mol. The number of hydrogen-bond acceptors (Lipinski definition) is 3. The van der Waals surface area contributed by atoms with Crippen molar-refractivity contribution in [2.45, 2.75) is 63.5 Å². The molecule has 2 atom stereocenters. The van der Waals surface area contributed by atoms with Gasteiger partial charge in [-0.3, -0.25) is 0 Å². The summed E-state index contributed by atoms with van der Waals surface area (Å²) in [5, 5.41) is 9.40. The highest BCUT2D eigenvalue weighted by molar-refractivity contribution is 4.94. The van der Waals surface area contributed by atoms with Crippen LogP contribution in [0.2, 0.25) is 0 Å². The standard InChI is InChI=1S/C14H28N2O/c1-2-12-5-8-16(9-6-12)13-4-3-7-14(15,10-13)11-17/h12-13,17H,2-11,15H2,1H3. The molecule has 0 aromatic carbocycles. The summed E-state index contributed by atoms with van der Waals surface area (Å²) in [5.74, 6) is 0.940. The molecule has 0 aromatic heterocycles. The van der Waals surface area contributed by atoms with Gasteiger partial charge < -0.3 is 15.7 Å². The topological polar surface area (TPSA) is 49.5 Å². The van der Waals surface area contributed by atoms with Crippen molar-refractivity contribution < 1.29 is 5.11 Å². The number of nitrogens with zero attached hydrogens (tertiary/aromatic N) is 1. The van der Waals surface area contributed by atoms with Crippen molar-refractivity contribution in [3.05, 3.63) is 0 Å². The SMILES string of the molecule is CCC1CCN(C2CCCC(N)(CO)C2)CC1. The van der Waals surface area contributed by atoms with Crippen molar-refractivity contribution in [2.75, 3.05) is 19.7 Å². The predicted octanol–water partition coefficient (Wildman–Crippen LogP) is 1.74. The molecular weight excluding hydrogens is 212 g/mol. The summed E-state index contributed by atoms with van der Waals surface area (Å²) in [6.07, 6.45) is 8.46. The lowest BCUT2D eigenvalue weighted by atomic mass is 9.79. The summed E-state index contributed by atoms with van der Waals surface area (Å²) < 4.78 is 0. The third kappa shape index (κ3) is 3.21. The van der Waals surface area contributed by atoms with Gasteiger partial charge in [-0.15, -0.1) is 0 Å². The molecule has 3 N–H and O–H groups in total. The van der Waals surface area contributed by atoms with E-state index in [1.165, 1.54) is 45.2 Å². The third-order valence-corrected chi connectivity index (χ3v) is 4.91. The van der Waals surface area contributed by atoms with Crippen molar-refractivity contribution in [1.29, 1.82) is 0 Å². The zero-order valence-corrected chi connectivity index (χ0v) is 11.2. The molecular formula is C14H28N2O. The van der Waals surface area contributed by atoms with Gasteiger partial charge in [0, 0.05) is 11.6 Å². The molecule has 0 bridgehead atoms. The molecule has 0 amide bonds. The van der Waals surface area contributed by atoms with Crippen LogP contribution in [0.1, 0.15) is 51.9 Å². The molecule has 0 spiro atoms. The minimum Gasteiger partial charge on any atom is -0.394 e. The molecule has 0 aromatic rings. The quantitative estimate of drug-likeness (QED) is 0.790. The zero-order valence-electron chi connectivity index (χ0n) is 11.2. The smallest absolute Gasteiger partial charge is 0.0611 e. The number of likely N-dealkylation sites (tertiary alicyclic amines) is 1. The maximum Gasteiger partial charge on any atom is 0.0611 e. The van der Waals surface area contributed by atoms with Gasteiger partial charge in [-0.2, -0.15) is 0 Å². The second kappa shape index (κ2) is 5.68. The van der Waals surface area contributed by atoms with E-state index in [-0.39, 0.29) is 12.1 Å². The highest BCUT2D eigenvalue weighted by atomic mass is 16.3. The van der Waals surface area contributed by atoms with Gasteiger partial charge in [-0.25, -0.2) is 0 Å². The van der Waals surface area contributed by atoms with Crippen LogP contribution in [-0.2, 0) is 0 Å². The van der Waals surface area contributed by atoms with Crippen molar-refractivity contribution in [3.8, 4) is 0 Å². The average Bonchev–Trinajstić information content (AvgIpc) is 2.39. The number of aliphatic hydroxyl groups is 1. The Balaban J connectivity index is 1.86. The Morgan fingerprint density at radius 3 is 2.59 bits per heavy atom. The number of rotatable bonds is 3. The molecule has 1 aliphatic carbocycles. The van der Waals surface area contributed by atoms with Gasteiger partial charge in [0.1, 0.15) is 0 Å². The zero-order chi connectivity index (χ0) is 12.3. The largest absolute Gasteiger partial charge is 0.394 e. The van der Waals surface area contributed by atoms with Gasteiger partial charge in [0.15, 0.2) is 0 Å². The van der Waals surface area contributed by atoms with Crippen LogP contribution >= 0.6 is 0 Å². The van der Waals surface area contributed by atoms with Crippen LogP contribution in [0.5, 0.6) is 0 Å². The van der Waals surface area contributed by atoms with Crippen LogP contribution < -0.4 is 5.73 Å². The molecule has 2 unspecified atom stereocenters. The summed E-state index contributed by atoms with van der Waals surface area (Å²) in [4.78, 5) is 2.63. The molecule has 1 aliphatic heterocycles. The Morgan fingerprint density at radius 2 is 2.00 bits per heavy atom. The van der Waals surface area contributed by atoms with Crippen molar-refractivity contribution >= 4 is 0 Å². The Morgan fingerprint density at radius 1 is 1.29 bits per heavy atom. The lowest BCUT2D eigenvalue weighted by molar-refractivity contribution is 0.0587. The molecule has 100 valence electrons. The molecule has 1 saturated carbocycles. The average molecular weight is 240 g/mol. The monoisotopic (exact) mass is 240 g/mol. The van der Waals surface area contributed by atoms with E-state index >= 15 is 0 Å². The van der Waals surface area contributed by atoms with Crippen LogP contribution in [0.25, 0.3) is 0 Å². The minimum atomic E-state index is -0.301. The molecule has 3 nitrogen and oxygen atoms in total. The van der Waals surface area contributed by atoms with Crippen molar-refractivity contribution in [1.82, 2.24) is 4.90 Å². The molecule has 3 heteroatoms. The van der Waals surface area contributed by atoms with E-state index in [0.29, 0.717) is 6.04 Å². The second-order valence-electron chi connectivity index (χ2n) is 6.16. The first-order chi connectivity index (χ1) is 8.17. The highest BCUT2D eigenvalue weighted by Gasteiger charge is 2.35. The van der Waals surface area contributed by atoms with E-state index in [4.69, 9.17) is 5.73 Å². The Hall–Kier alpha value is -0.120. The summed E-state index contributed by atoms with van der Waals surface area (Å²) in [6.45, 7) is 4.93. The van der Waals surface area contributed by atoms with Gasteiger partial charge in [0.25, 0.3) is 0 Å². The van der Waals surface area contributed by atoms with Crippen LogP contribution in [0, 0.1) is 5.92 Å². The van der Waals surface area contributed by atoms with Crippen molar-refractivity contribution in [2.24, 2.45) is 11.7 Å². The normalized spacial score (nSPS) is 37.2. The van der Waals surface area contributed by atoms with E-state index in [1.54, 1.807) is 0 Å². The van der Waals surface area contributed by atoms with Crippen LogP contribution in [-0.4, -0.2) is 41.3 Å². The minimum absolute atomic E-state index is 0.148. The Bertz CT molecular complexity index is 238. The van der Waals surface area contributed by atoms with Crippen molar-refractivity contribution in [3.63, 3.8) is 0 Å². The second-order valence-corrected chi connectivity index (χ2v) is 6.16. The Labute approximate surface area is 105 Å². The number of hydrogen-bond donors (Lipinski definition) is 2. The fourth-order valence-electron chi connectivity index (χ4n) is 3.54. The lowest BCUT2D eigenvalue weighted by Crippen LogP contribution is -2.54. The van der Waals surface area contributed by atoms with Gasteiger partial charge in [-0.1, -0.05) is 13.3 Å². The van der Waals surface area contributed by atoms with E-state index in [0.717, 1.165) is 18.8 Å². The first kappa shape index (κ1) is 13.3. The highest BCUT2D eigenvalue weighted by Crippen LogP contribution is 2.32. The van der Waals surface area contributed by atoms with Gasteiger partial charge in [0.2, 0.25) is 0 Å². The molecule has 1 saturated heterocycles. The van der Waals surface area contributed by atoms with E-state index in [9.17, 15) is 5.11 Å². The van der Waals surface area contributed by atoms with Crippen LogP contribution in [0.4, 0.5) is 0 Å². The summed E-state index contributed by atoms with van der Waals surface area (Å²) in [7, 11) is 0. The first-order valence-electron chi connectivity index (χ1n) is 7.30. The first-order valence-corrected chi connectivity index (χ1v) is 7.30. The van der Waals surface area contributed by atoms with Gasteiger partial charge in [0.05, 0.1) is 6.61 Å². The molecule has 0 radical (unpaired) electrons. The molecule has 17 heavy (non-hydrogen) atoms. The number of aliphatic hydroxyl groups excluding tert-OH is 1. The summed E-state index contributed by atoms with van der Waals surface area (Å²) >= 11 is 0. The van der Waals surface area contributed by atoms with Gasteiger partial charge in [-0.05, 0) is 57.5 Å². The maximum absolute atomic E-state index is 9.40. The fraction of sp³-hybridized carbons (Fsp3) is 1.00. The number of nitrogens with two attached hydrogens (primary N) is 1. The third-order valence-electron chi connectivity index (χ3n) is 4.91. The molecule has 2 fully saturated rings. The maximum atomic E-state index is 9.40. The lowest BCUT2D eigenvalue weighted by Gasteiger charge is -2.44. The molecule has 2 aliphatic rings. The molecule has 2 rings (SSSR count). The fourth-order valence-corrected chi connectivity index (χ4v) is 3.54. The van der Waals surface area contributed by atoms with E-state index in [1.807, 2.05) is 0 Å².